The summed E-state index contributed by atoms with van der Waals surface area (Å²) < 4.78 is 0. The second-order valence-corrected chi connectivity index (χ2v) is 33.5. The molecule has 0 aromatic rings. The first kappa shape index (κ1) is 38.7. The van der Waals surface area contributed by atoms with Crippen molar-refractivity contribution in [3.8, 4) is 0 Å². The lowest BCUT2D eigenvalue weighted by Gasteiger charge is -2.50. The maximum absolute atomic E-state index is 2.90. The summed E-state index contributed by atoms with van der Waals surface area (Å²) in [7, 11) is -2.78. The average molecular weight is 721 g/mol. The number of hydrogen-bond donors (Lipinski definition) is 0. The van der Waals surface area contributed by atoms with Gasteiger partial charge < -0.3 is 0 Å². The highest BCUT2D eigenvalue weighted by molar-refractivity contribution is 6.81. The van der Waals surface area contributed by atoms with Crippen molar-refractivity contribution in [1.29, 1.82) is 0 Å². The Kier molecular flexibility index (Phi) is 11.0. The van der Waals surface area contributed by atoms with Gasteiger partial charge in [-0.25, -0.2) is 0 Å². The van der Waals surface area contributed by atoms with Crippen LogP contribution in [-0.4, -0.2) is 16.1 Å². The summed E-state index contributed by atoms with van der Waals surface area (Å²) in [5, 5.41) is 0. The van der Waals surface area contributed by atoms with Crippen LogP contribution in [0.15, 0.2) is 0 Å². The maximum Gasteiger partial charge on any atom is 0.0546 e. The van der Waals surface area contributed by atoms with E-state index in [1.165, 1.54) is 0 Å². The third kappa shape index (κ3) is 6.03. The molecule has 0 aliphatic heterocycles. The second-order valence-electron chi connectivity index (χ2n) is 23.6. The summed E-state index contributed by atoms with van der Waals surface area (Å²) in [6.45, 7) is 38.2. The monoisotopic (exact) mass is 721 g/mol. The van der Waals surface area contributed by atoms with E-state index in [1.807, 2.05) is 0 Å². The van der Waals surface area contributed by atoms with E-state index in [4.69, 9.17) is 0 Å². The fraction of sp³-hybridized carbons (Fsp3) is 1.00. The van der Waals surface area contributed by atoms with Crippen molar-refractivity contribution in [2.24, 2.45) is 107 Å². The molecule has 0 nitrogen and oxygen atoms in total. The van der Waals surface area contributed by atoms with Crippen molar-refractivity contribution in [3.63, 3.8) is 0 Å². The topological polar surface area (TPSA) is 0 Å². The van der Waals surface area contributed by atoms with Gasteiger partial charge in [-0.2, -0.15) is 0 Å². The SMILES string of the molecule is CC1CC2C(C3CCC([C@@H]4CCCC5C4CC(C)C5[Si](C)(C)C4C(C)C(C)C(C)C4C)CC3)CCCC2C1[Si](C)(C)C1C(C)C(C)C(C)C1C. The number of rotatable bonds is 6. The summed E-state index contributed by atoms with van der Waals surface area (Å²) in [5.74, 6) is 18.0. The van der Waals surface area contributed by atoms with Crippen molar-refractivity contribution in [1.82, 2.24) is 0 Å². The minimum Gasteiger partial charge on any atom is -0.0689 e. The lowest BCUT2D eigenvalue weighted by Crippen LogP contribution is -2.47. The normalized spacial score (nSPS) is 56.0. The van der Waals surface area contributed by atoms with Crippen LogP contribution in [0.5, 0.6) is 0 Å². The molecule has 50 heavy (non-hydrogen) atoms. The van der Waals surface area contributed by atoms with Crippen molar-refractivity contribution in [2.75, 3.05) is 0 Å². The van der Waals surface area contributed by atoms with E-state index in [-0.39, 0.29) is 0 Å². The van der Waals surface area contributed by atoms with Crippen molar-refractivity contribution in [2.45, 2.75) is 195 Å². The molecule has 0 radical (unpaired) electrons. The van der Waals surface area contributed by atoms with E-state index in [2.05, 4.69) is 95.4 Å². The molecule has 7 rings (SSSR count). The van der Waals surface area contributed by atoms with Gasteiger partial charge >= 0.3 is 0 Å². The van der Waals surface area contributed by atoms with E-state index >= 15 is 0 Å². The van der Waals surface area contributed by atoms with Gasteiger partial charge in [0.1, 0.15) is 0 Å². The molecule has 7 aliphatic rings. The average Bonchev–Trinajstić information content (AvgIpc) is 3.73. The zero-order valence-electron chi connectivity index (χ0n) is 36.2. The number of hydrogen-bond acceptors (Lipinski definition) is 0. The minimum absolute atomic E-state index is 0.919. The van der Waals surface area contributed by atoms with Crippen molar-refractivity contribution < 1.29 is 0 Å². The maximum atomic E-state index is 2.90. The molecule has 18 atom stereocenters. The highest BCUT2D eigenvalue weighted by Crippen LogP contribution is 2.68. The summed E-state index contributed by atoms with van der Waals surface area (Å²) in [4.78, 5) is 0. The van der Waals surface area contributed by atoms with Gasteiger partial charge in [-0.05, 0) is 180 Å². The van der Waals surface area contributed by atoms with E-state index in [9.17, 15) is 0 Å². The highest BCUT2D eigenvalue weighted by Gasteiger charge is 2.61. The van der Waals surface area contributed by atoms with Crippen LogP contribution in [0.4, 0.5) is 0 Å². The molecule has 0 aromatic heterocycles. The van der Waals surface area contributed by atoms with Crippen LogP contribution in [-0.2, 0) is 0 Å². The molecule has 0 N–H and O–H groups in total. The third-order valence-electron chi connectivity index (χ3n) is 21.5. The lowest BCUT2D eigenvalue weighted by atomic mass is 9.60. The smallest absolute Gasteiger partial charge is 0.0546 e. The predicted octanol–water partition coefficient (Wildman–Crippen LogP) is 15.0. The Balaban J connectivity index is 1.01. The van der Waals surface area contributed by atoms with Gasteiger partial charge in [-0.3, -0.25) is 0 Å². The zero-order chi connectivity index (χ0) is 36.2. The first-order valence-electron chi connectivity index (χ1n) is 23.5. The van der Waals surface area contributed by atoms with Gasteiger partial charge in [-0.15, -0.1) is 0 Å². The molecular weight excluding hydrogens is 633 g/mol. The fourth-order valence-corrected chi connectivity index (χ4v) is 33.1. The van der Waals surface area contributed by atoms with Crippen LogP contribution >= 0.6 is 0 Å². The predicted molar refractivity (Wildman–Crippen MR) is 225 cm³/mol. The van der Waals surface area contributed by atoms with Gasteiger partial charge in [-0.1, -0.05) is 121 Å². The van der Waals surface area contributed by atoms with Gasteiger partial charge in [0.25, 0.3) is 0 Å². The molecule has 0 spiro atoms. The molecule has 7 saturated carbocycles. The lowest BCUT2D eigenvalue weighted by molar-refractivity contribution is 0.0475. The quantitative estimate of drug-likeness (QED) is 0.240. The summed E-state index contributed by atoms with van der Waals surface area (Å²) >= 11 is 0. The van der Waals surface area contributed by atoms with E-state index in [0.29, 0.717) is 0 Å². The van der Waals surface area contributed by atoms with Crippen LogP contribution in [0, 0.1) is 107 Å². The molecule has 0 amide bonds. The van der Waals surface area contributed by atoms with Gasteiger partial charge in [0.2, 0.25) is 0 Å². The Labute approximate surface area is 316 Å². The fourth-order valence-electron chi connectivity index (χ4n) is 19.3. The third-order valence-corrected chi connectivity index (χ3v) is 32.5. The Hall–Kier alpha value is 0.434. The summed E-state index contributed by atoms with van der Waals surface area (Å²) in [6, 6.07) is 0. The molecule has 7 aliphatic carbocycles. The molecule has 0 bridgehead atoms. The van der Waals surface area contributed by atoms with Crippen LogP contribution in [0.1, 0.15) is 146 Å². The van der Waals surface area contributed by atoms with Crippen LogP contribution in [0.2, 0.25) is 48.4 Å². The van der Waals surface area contributed by atoms with E-state index < -0.39 is 16.1 Å². The van der Waals surface area contributed by atoms with E-state index in [1.54, 1.807) is 77.0 Å². The summed E-state index contributed by atoms with van der Waals surface area (Å²) in [5.41, 5.74) is 4.25. The second kappa shape index (κ2) is 14.2. The molecular formula is C48H88Si2. The zero-order valence-corrected chi connectivity index (χ0v) is 38.2. The molecule has 7 fully saturated rings. The van der Waals surface area contributed by atoms with Crippen LogP contribution in [0.25, 0.3) is 0 Å². The van der Waals surface area contributed by atoms with Gasteiger partial charge in [0, 0.05) is 0 Å². The molecule has 0 aromatic carbocycles. The Bertz CT molecular complexity index is 1050. The largest absolute Gasteiger partial charge is 0.0689 e. The van der Waals surface area contributed by atoms with E-state index in [0.717, 1.165) is 129 Å². The Morgan fingerprint density at radius 1 is 0.300 bits per heavy atom. The van der Waals surface area contributed by atoms with Crippen LogP contribution in [0.3, 0.4) is 0 Å². The molecule has 2 heteroatoms. The molecule has 17 unspecified atom stereocenters. The standard InChI is InChI=1S/C48H88Si2/c1-27-25-43-39(17-15-19-41(43)45(27)49(11,12)47-33(7)29(3)30(4)34(47)8)37-21-23-38(24-22-37)40-18-16-20-42-44(40)26-28(2)46(42)50(13,14)48-35(9)31(5)32(6)36(48)10/h27-48H,15-26H2,1-14H3/t27?,28?,29?,30?,31?,32?,33?,34?,35?,36?,37?,38?,39-,40?,41?,42?,43?,44?,45?,46?,47?,48?/m0/s1. The first-order valence-corrected chi connectivity index (χ1v) is 29.8. The first-order chi connectivity index (χ1) is 23.5. The Morgan fingerprint density at radius 3 is 0.880 bits per heavy atom. The highest BCUT2D eigenvalue weighted by atomic mass is 28.3. The Morgan fingerprint density at radius 2 is 0.580 bits per heavy atom. The number of fused-ring (bicyclic) bond motifs is 2. The van der Waals surface area contributed by atoms with Crippen LogP contribution < -0.4 is 0 Å². The van der Waals surface area contributed by atoms with Gasteiger partial charge in [0.05, 0.1) is 16.1 Å². The molecule has 0 saturated heterocycles. The summed E-state index contributed by atoms with van der Waals surface area (Å²) in [6.07, 6.45) is 19.1. The van der Waals surface area contributed by atoms with Crippen molar-refractivity contribution in [3.05, 3.63) is 0 Å². The minimum atomic E-state index is -1.39. The van der Waals surface area contributed by atoms with Gasteiger partial charge in [0.15, 0.2) is 0 Å². The molecule has 288 valence electrons. The van der Waals surface area contributed by atoms with Crippen molar-refractivity contribution >= 4 is 16.1 Å². The molecule has 0 heterocycles.